The molecule has 1 aliphatic rings. The monoisotopic (exact) mass is 388 g/mol. The zero-order chi connectivity index (χ0) is 19.3. The molecule has 0 unspecified atom stereocenters. The van der Waals surface area contributed by atoms with Crippen molar-refractivity contribution in [2.75, 3.05) is 10.0 Å². The number of hydrogen-bond donors (Lipinski definition) is 2. The van der Waals surface area contributed by atoms with Gasteiger partial charge >= 0.3 is 0 Å². The maximum Gasteiger partial charge on any atom is 0.264 e. The smallest absolute Gasteiger partial charge is 0.264 e. The standard InChI is InChI=1S/C19H24N4O3S/c1-14-11-12-20-19(21-14)23-27(25,26)17-9-7-16(8-10-17)22-18(24)13-15-5-3-2-4-6-15/h7-12,15H,2-6,13H2,1H3,(H,22,24)(H,20,21,23). The summed E-state index contributed by atoms with van der Waals surface area (Å²) >= 11 is 0. The van der Waals surface area contributed by atoms with Gasteiger partial charge in [-0.25, -0.2) is 23.1 Å². The van der Waals surface area contributed by atoms with Gasteiger partial charge in [0.2, 0.25) is 11.9 Å². The molecular weight excluding hydrogens is 364 g/mol. The summed E-state index contributed by atoms with van der Waals surface area (Å²) in [5.74, 6) is 0.459. The molecule has 0 saturated heterocycles. The summed E-state index contributed by atoms with van der Waals surface area (Å²) in [4.78, 5) is 20.2. The van der Waals surface area contributed by atoms with Crippen molar-refractivity contribution in [3.63, 3.8) is 0 Å². The number of aryl methyl sites for hydroxylation is 1. The third-order valence-corrected chi connectivity index (χ3v) is 6.01. The molecule has 1 heterocycles. The van der Waals surface area contributed by atoms with Gasteiger partial charge in [-0.3, -0.25) is 4.79 Å². The minimum atomic E-state index is -3.79. The molecule has 8 heteroatoms. The number of nitrogens with one attached hydrogen (secondary N) is 2. The Bertz CT molecular complexity index is 891. The van der Waals surface area contributed by atoms with E-state index >= 15 is 0 Å². The Morgan fingerprint density at radius 3 is 2.48 bits per heavy atom. The number of carbonyl (C=O) groups is 1. The van der Waals surface area contributed by atoms with E-state index in [1.807, 2.05) is 0 Å². The van der Waals surface area contributed by atoms with E-state index in [0.717, 1.165) is 12.8 Å². The fraction of sp³-hybridized carbons (Fsp3) is 0.421. The maximum absolute atomic E-state index is 12.4. The quantitative estimate of drug-likeness (QED) is 0.789. The molecule has 2 aromatic rings. The molecule has 1 amide bonds. The lowest BCUT2D eigenvalue weighted by Crippen LogP contribution is -2.18. The van der Waals surface area contributed by atoms with Crippen LogP contribution in [0.15, 0.2) is 41.4 Å². The average molecular weight is 388 g/mol. The maximum atomic E-state index is 12.4. The van der Waals surface area contributed by atoms with Gasteiger partial charge in [0, 0.05) is 24.0 Å². The third kappa shape index (κ3) is 5.50. The van der Waals surface area contributed by atoms with Crippen LogP contribution in [0.5, 0.6) is 0 Å². The summed E-state index contributed by atoms with van der Waals surface area (Å²) in [5.41, 5.74) is 1.25. The number of nitrogens with zero attached hydrogens (tertiary/aromatic N) is 2. The Labute approximate surface area is 159 Å². The lowest BCUT2D eigenvalue weighted by molar-refractivity contribution is -0.117. The summed E-state index contributed by atoms with van der Waals surface area (Å²) < 4.78 is 27.2. The number of benzene rings is 1. The van der Waals surface area contributed by atoms with Crippen LogP contribution in [-0.2, 0) is 14.8 Å². The Balaban J connectivity index is 1.61. The van der Waals surface area contributed by atoms with Crippen molar-refractivity contribution >= 4 is 27.6 Å². The van der Waals surface area contributed by atoms with Crippen molar-refractivity contribution in [1.29, 1.82) is 0 Å². The molecule has 7 nitrogen and oxygen atoms in total. The molecule has 144 valence electrons. The van der Waals surface area contributed by atoms with Crippen LogP contribution < -0.4 is 10.0 Å². The van der Waals surface area contributed by atoms with E-state index in [0.29, 0.717) is 23.7 Å². The molecule has 3 rings (SSSR count). The van der Waals surface area contributed by atoms with E-state index in [4.69, 9.17) is 0 Å². The predicted octanol–water partition coefficient (Wildman–Crippen LogP) is 3.49. The minimum Gasteiger partial charge on any atom is -0.326 e. The van der Waals surface area contributed by atoms with Crippen LogP contribution in [0, 0.1) is 12.8 Å². The number of rotatable bonds is 6. The van der Waals surface area contributed by atoms with E-state index in [1.165, 1.54) is 37.6 Å². The van der Waals surface area contributed by atoms with Crippen molar-refractivity contribution in [3.8, 4) is 0 Å². The Kier molecular flexibility index (Phi) is 6.05. The molecule has 0 atom stereocenters. The van der Waals surface area contributed by atoms with E-state index in [2.05, 4.69) is 20.0 Å². The van der Waals surface area contributed by atoms with E-state index in [1.54, 1.807) is 25.1 Å². The molecule has 0 aliphatic heterocycles. The summed E-state index contributed by atoms with van der Waals surface area (Å²) in [6.45, 7) is 1.75. The summed E-state index contributed by atoms with van der Waals surface area (Å²) in [7, 11) is -3.79. The molecule has 1 aromatic heterocycles. The van der Waals surface area contributed by atoms with Crippen molar-refractivity contribution in [3.05, 3.63) is 42.2 Å². The van der Waals surface area contributed by atoms with Gasteiger partial charge in [0.05, 0.1) is 4.90 Å². The van der Waals surface area contributed by atoms with Crippen molar-refractivity contribution in [2.24, 2.45) is 5.92 Å². The molecule has 27 heavy (non-hydrogen) atoms. The van der Waals surface area contributed by atoms with Crippen molar-refractivity contribution in [2.45, 2.75) is 50.3 Å². The Morgan fingerprint density at radius 2 is 1.81 bits per heavy atom. The molecule has 1 aromatic carbocycles. The lowest BCUT2D eigenvalue weighted by atomic mass is 9.87. The van der Waals surface area contributed by atoms with Crippen molar-refractivity contribution < 1.29 is 13.2 Å². The Hall–Kier alpha value is -2.48. The second kappa shape index (κ2) is 8.47. The minimum absolute atomic E-state index is 0.0243. The van der Waals surface area contributed by atoms with Crippen LogP contribution in [0.25, 0.3) is 0 Å². The van der Waals surface area contributed by atoms with Crippen LogP contribution in [0.3, 0.4) is 0 Å². The van der Waals surface area contributed by atoms with Gasteiger partial charge in [-0.1, -0.05) is 19.3 Å². The lowest BCUT2D eigenvalue weighted by Gasteiger charge is -2.20. The summed E-state index contributed by atoms with van der Waals surface area (Å²) in [6, 6.07) is 7.76. The van der Waals surface area contributed by atoms with E-state index in [-0.39, 0.29) is 16.8 Å². The number of aromatic nitrogens is 2. The van der Waals surface area contributed by atoms with Gasteiger partial charge in [0.1, 0.15) is 0 Å². The fourth-order valence-corrected chi connectivity index (χ4v) is 4.21. The second-order valence-electron chi connectivity index (χ2n) is 6.91. The predicted molar refractivity (Wildman–Crippen MR) is 104 cm³/mol. The largest absolute Gasteiger partial charge is 0.326 e. The molecule has 1 aliphatic carbocycles. The highest BCUT2D eigenvalue weighted by molar-refractivity contribution is 7.92. The number of sulfonamides is 1. The summed E-state index contributed by atoms with van der Waals surface area (Å²) in [5, 5.41) is 2.85. The van der Waals surface area contributed by atoms with Crippen LogP contribution >= 0.6 is 0 Å². The molecule has 2 N–H and O–H groups in total. The van der Waals surface area contributed by atoms with Gasteiger partial charge in [-0.05, 0) is 56.0 Å². The SMILES string of the molecule is Cc1ccnc(NS(=O)(=O)c2ccc(NC(=O)CC3CCCCC3)cc2)n1. The highest BCUT2D eigenvalue weighted by Gasteiger charge is 2.18. The van der Waals surface area contributed by atoms with Gasteiger partial charge in [-0.2, -0.15) is 0 Å². The highest BCUT2D eigenvalue weighted by Crippen LogP contribution is 2.26. The van der Waals surface area contributed by atoms with Gasteiger partial charge in [0.15, 0.2) is 0 Å². The van der Waals surface area contributed by atoms with Crippen LogP contribution in [0.1, 0.15) is 44.2 Å². The number of anilines is 2. The normalized spacial score (nSPS) is 15.3. The first-order chi connectivity index (χ1) is 12.9. The molecule has 0 bridgehead atoms. The topological polar surface area (TPSA) is 101 Å². The highest BCUT2D eigenvalue weighted by atomic mass is 32.2. The first-order valence-electron chi connectivity index (χ1n) is 9.15. The van der Waals surface area contributed by atoms with Gasteiger partial charge < -0.3 is 5.32 Å². The third-order valence-electron chi connectivity index (χ3n) is 4.67. The number of hydrogen-bond acceptors (Lipinski definition) is 5. The second-order valence-corrected chi connectivity index (χ2v) is 8.59. The number of carbonyl (C=O) groups excluding carboxylic acids is 1. The van der Waals surface area contributed by atoms with Crippen molar-refractivity contribution in [1.82, 2.24) is 9.97 Å². The molecule has 1 saturated carbocycles. The average Bonchev–Trinajstić information content (AvgIpc) is 2.62. The van der Waals surface area contributed by atoms with Gasteiger partial charge in [0.25, 0.3) is 10.0 Å². The molecule has 0 radical (unpaired) electrons. The molecule has 0 spiro atoms. The summed E-state index contributed by atoms with van der Waals surface area (Å²) in [6.07, 6.45) is 7.88. The Morgan fingerprint density at radius 1 is 1.11 bits per heavy atom. The fourth-order valence-electron chi connectivity index (χ4n) is 3.26. The zero-order valence-corrected chi connectivity index (χ0v) is 16.1. The molecular formula is C19H24N4O3S. The van der Waals surface area contributed by atoms with Crippen LogP contribution in [0.4, 0.5) is 11.6 Å². The van der Waals surface area contributed by atoms with Crippen LogP contribution in [0.2, 0.25) is 0 Å². The number of amides is 1. The van der Waals surface area contributed by atoms with Gasteiger partial charge in [-0.15, -0.1) is 0 Å². The first kappa shape index (κ1) is 19.3. The first-order valence-corrected chi connectivity index (χ1v) is 10.6. The zero-order valence-electron chi connectivity index (χ0n) is 15.3. The van der Waals surface area contributed by atoms with Crippen LogP contribution in [-0.4, -0.2) is 24.3 Å². The van der Waals surface area contributed by atoms with E-state index in [9.17, 15) is 13.2 Å². The molecule has 1 fully saturated rings. The van der Waals surface area contributed by atoms with E-state index < -0.39 is 10.0 Å².